The highest BCUT2D eigenvalue weighted by Crippen LogP contribution is 2.29. The number of thiazole rings is 1. The molecule has 2 rings (SSSR count). The van der Waals surface area contributed by atoms with Crippen molar-refractivity contribution in [3.05, 3.63) is 40.9 Å². The van der Waals surface area contributed by atoms with Crippen molar-refractivity contribution in [1.82, 2.24) is 4.98 Å². The van der Waals surface area contributed by atoms with Crippen molar-refractivity contribution < 1.29 is 0 Å². The first kappa shape index (κ1) is 11.1. The average molecular weight is 233 g/mol. The summed E-state index contributed by atoms with van der Waals surface area (Å²) in [5, 5.41) is 0.990. The number of para-hydroxylation sites is 1. The topological polar surface area (TPSA) is 42.2 Å². The van der Waals surface area contributed by atoms with Gasteiger partial charge in [0, 0.05) is 24.2 Å². The molecule has 0 atom stereocenters. The molecule has 1 heterocycles. The summed E-state index contributed by atoms with van der Waals surface area (Å²) in [6, 6.07) is 10.2. The summed E-state index contributed by atoms with van der Waals surface area (Å²) in [5.74, 6) is 0. The Morgan fingerprint density at radius 1 is 1.31 bits per heavy atom. The van der Waals surface area contributed by atoms with Crippen LogP contribution in [0.2, 0.25) is 0 Å². The lowest BCUT2D eigenvalue weighted by atomic mass is 10.3. The predicted octanol–water partition coefficient (Wildman–Crippen LogP) is 2.68. The SMILES string of the molecule is Cc1nc(N(C)c2ccccc2)sc1CN. The molecule has 0 amide bonds. The van der Waals surface area contributed by atoms with E-state index in [9.17, 15) is 0 Å². The molecule has 0 spiro atoms. The van der Waals surface area contributed by atoms with Crippen molar-refractivity contribution in [3.63, 3.8) is 0 Å². The van der Waals surface area contributed by atoms with Crippen LogP contribution in [0.3, 0.4) is 0 Å². The Balaban J connectivity index is 2.31. The number of aryl methyl sites for hydroxylation is 1. The standard InChI is InChI=1S/C12H15N3S/c1-9-11(8-13)16-12(14-9)15(2)10-6-4-3-5-7-10/h3-7H,8,13H2,1-2H3. The van der Waals surface area contributed by atoms with Gasteiger partial charge in [-0.25, -0.2) is 4.98 Å². The van der Waals surface area contributed by atoms with Gasteiger partial charge in [0.1, 0.15) is 0 Å². The Kier molecular flexibility index (Phi) is 3.22. The first-order valence-electron chi connectivity index (χ1n) is 5.17. The van der Waals surface area contributed by atoms with Gasteiger partial charge in [0.2, 0.25) is 0 Å². The van der Waals surface area contributed by atoms with E-state index in [4.69, 9.17) is 5.73 Å². The van der Waals surface area contributed by atoms with E-state index in [-0.39, 0.29) is 0 Å². The molecule has 1 aromatic carbocycles. The van der Waals surface area contributed by atoms with Crippen molar-refractivity contribution in [2.45, 2.75) is 13.5 Å². The fourth-order valence-corrected chi connectivity index (χ4v) is 2.43. The first-order valence-corrected chi connectivity index (χ1v) is 5.99. The molecule has 0 fully saturated rings. The minimum Gasteiger partial charge on any atom is -0.326 e. The van der Waals surface area contributed by atoms with Crippen molar-refractivity contribution >= 4 is 22.2 Å². The zero-order valence-corrected chi connectivity index (χ0v) is 10.3. The Hall–Kier alpha value is -1.39. The summed E-state index contributed by atoms with van der Waals surface area (Å²) >= 11 is 1.65. The number of anilines is 2. The first-order chi connectivity index (χ1) is 7.72. The number of benzene rings is 1. The Morgan fingerprint density at radius 2 is 2.00 bits per heavy atom. The molecule has 2 aromatic rings. The van der Waals surface area contributed by atoms with E-state index in [0.29, 0.717) is 6.54 Å². The summed E-state index contributed by atoms with van der Waals surface area (Å²) in [6.07, 6.45) is 0. The third kappa shape index (κ3) is 2.08. The van der Waals surface area contributed by atoms with Gasteiger partial charge in [-0.05, 0) is 19.1 Å². The van der Waals surface area contributed by atoms with E-state index < -0.39 is 0 Å². The smallest absolute Gasteiger partial charge is 0.190 e. The van der Waals surface area contributed by atoms with Gasteiger partial charge in [-0.15, -0.1) is 0 Å². The third-order valence-electron chi connectivity index (χ3n) is 2.50. The fourth-order valence-electron chi connectivity index (χ4n) is 1.51. The highest BCUT2D eigenvalue weighted by molar-refractivity contribution is 7.15. The molecular weight excluding hydrogens is 218 g/mol. The van der Waals surface area contributed by atoms with E-state index in [0.717, 1.165) is 21.4 Å². The van der Waals surface area contributed by atoms with Crippen molar-refractivity contribution in [2.24, 2.45) is 5.73 Å². The maximum atomic E-state index is 5.65. The quantitative estimate of drug-likeness (QED) is 0.886. The van der Waals surface area contributed by atoms with Crippen LogP contribution in [0.1, 0.15) is 10.6 Å². The number of nitrogens with zero attached hydrogens (tertiary/aromatic N) is 2. The monoisotopic (exact) mass is 233 g/mol. The molecule has 2 N–H and O–H groups in total. The highest BCUT2D eigenvalue weighted by atomic mass is 32.1. The molecule has 16 heavy (non-hydrogen) atoms. The summed E-state index contributed by atoms with van der Waals surface area (Å²) in [6.45, 7) is 2.56. The molecule has 84 valence electrons. The van der Waals surface area contributed by atoms with Crippen LogP contribution >= 0.6 is 11.3 Å². The van der Waals surface area contributed by atoms with Crippen molar-refractivity contribution in [2.75, 3.05) is 11.9 Å². The average Bonchev–Trinajstić information content (AvgIpc) is 2.71. The minimum atomic E-state index is 0.562. The summed E-state index contributed by atoms with van der Waals surface area (Å²) < 4.78 is 0. The molecule has 3 nitrogen and oxygen atoms in total. The lowest BCUT2D eigenvalue weighted by Crippen LogP contribution is -2.08. The molecule has 0 aliphatic carbocycles. The lowest BCUT2D eigenvalue weighted by Gasteiger charge is -2.15. The normalized spacial score (nSPS) is 10.4. The van der Waals surface area contributed by atoms with Gasteiger partial charge in [0.25, 0.3) is 0 Å². The summed E-state index contributed by atoms with van der Waals surface area (Å²) in [5.41, 5.74) is 7.83. The summed E-state index contributed by atoms with van der Waals surface area (Å²) in [7, 11) is 2.02. The number of hydrogen-bond acceptors (Lipinski definition) is 4. The maximum absolute atomic E-state index is 5.65. The van der Waals surface area contributed by atoms with E-state index in [1.807, 2.05) is 32.2 Å². The predicted molar refractivity (Wildman–Crippen MR) is 69.2 cm³/mol. The largest absolute Gasteiger partial charge is 0.326 e. The highest BCUT2D eigenvalue weighted by Gasteiger charge is 2.10. The Bertz CT molecular complexity index is 464. The van der Waals surface area contributed by atoms with Gasteiger partial charge < -0.3 is 10.6 Å². The van der Waals surface area contributed by atoms with E-state index in [1.54, 1.807) is 11.3 Å². The molecule has 0 bridgehead atoms. The number of rotatable bonds is 3. The molecule has 0 saturated heterocycles. The zero-order chi connectivity index (χ0) is 11.5. The molecular formula is C12H15N3S. The van der Waals surface area contributed by atoms with Gasteiger partial charge in [-0.2, -0.15) is 0 Å². The van der Waals surface area contributed by atoms with Crippen LogP contribution in [0.5, 0.6) is 0 Å². The van der Waals surface area contributed by atoms with Crippen molar-refractivity contribution in [1.29, 1.82) is 0 Å². The van der Waals surface area contributed by atoms with Crippen LogP contribution in [0, 0.1) is 6.92 Å². The third-order valence-corrected chi connectivity index (χ3v) is 3.75. The molecule has 0 radical (unpaired) electrons. The van der Waals surface area contributed by atoms with Gasteiger partial charge in [0.15, 0.2) is 5.13 Å². The van der Waals surface area contributed by atoms with Crippen LogP contribution in [0.15, 0.2) is 30.3 Å². The van der Waals surface area contributed by atoms with Gasteiger partial charge in [-0.3, -0.25) is 0 Å². The van der Waals surface area contributed by atoms with Crippen LogP contribution in [-0.2, 0) is 6.54 Å². The Morgan fingerprint density at radius 3 is 2.56 bits per heavy atom. The van der Waals surface area contributed by atoms with Crippen LogP contribution < -0.4 is 10.6 Å². The molecule has 4 heteroatoms. The molecule has 0 aliphatic rings. The van der Waals surface area contributed by atoms with Crippen LogP contribution in [0.4, 0.5) is 10.8 Å². The molecule has 0 aliphatic heterocycles. The van der Waals surface area contributed by atoms with E-state index in [2.05, 4.69) is 22.0 Å². The zero-order valence-electron chi connectivity index (χ0n) is 9.47. The van der Waals surface area contributed by atoms with E-state index >= 15 is 0 Å². The minimum absolute atomic E-state index is 0.562. The molecule has 0 saturated carbocycles. The fraction of sp³-hybridized carbons (Fsp3) is 0.250. The van der Waals surface area contributed by atoms with Gasteiger partial charge in [-0.1, -0.05) is 29.5 Å². The van der Waals surface area contributed by atoms with Crippen molar-refractivity contribution in [3.8, 4) is 0 Å². The number of nitrogens with two attached hydrogens (primary N) is 1. The van der Waals surface area contributed by atoms with E-state index in [1.165, 1.54) is 0 Å². The van der Waals surface area contributed by atoms with Crippen LogP contribution in [-0.4, -0.2) is 12.0 Å². The van der Waals surface area contributed by atoms with Gasteiger partial charge in [0.05, 0.1) is 5.69 Å². The maximum Gasteiger partial charge on any atom is 0.190 e. The summed E-state index contributed by atoms with van der Waals surface area (Å²) in [4.78, 5) is 7.75. The molecule has 0 unspecified atom stereocenters. The number of aromatic nitrogens is 1. The number of hydrogen-bond donors (Lipinski definition) is 1. The second kappa shape index (κ2) is 4.63. The van der Waals surface area contributed by atoms with Crippen LogP contribution in [0.25, 0.3) is 0 Å². The second-order valence-corrected chi connectivity index (χ2v) is 4.67. The Labute approximate surface area is 99.5 Å². The van der Waals surface area contributed by atoms with Gasteiger partial charge >= 0.3 is 0 Å². The lowest BCUT2D eigenvalue weighted by molar-refractivity contribution is 1.05. The molecule has 1 aromatic heterocycles. The second-order valence-electron chi connectivity index (χ2n) is 3.60.